The van der Waals surface area contributed by atoms with Gasteiger partial charge in [-0.25, -0.2) is 4.79 Å². The SMILES string of the molecule is COc1ccc(-c2cc(N(C)C)c(/C(=C\C=O)c3ccc(C(=O)ON4C(=O)CCC4=O)cc3)s2)cc1. The van der Waals surface area contributed by atoms with Crippen molar-refractivity contribution in [2.75, 3.05) is 26.1 Å². The summed E-state index contributed by atoms with van der Waals surface area (Å²) in [6.45, 7) is 0. The first-order chi connectivity index (χ1) is 17.3. The Morgan fingerprint density at radius 1 is 0.972 bits per heavy atom. The van der Waals surface area contributed by atoms with Crippen LogP contribution in [0.1, 0.15) is 33.6 Å². The van der Waals surface area contributed by atoms with E-state index in [-0.39, 0.29) is 18.4 Å². The Labute approximate surface area is 212 Å². The van der Waals surface area contributed by atoms with Gasteiger partial charge in [-0.2, -0.15) is 0 Å². The number of ether oxygens (including phenoxy) is 1. The zero-order chi connectivity index (χ0) is 25.8. The van der Waals surface area contributed by atoms with Gasteiger partial charge in [0.25, 0.3) is 11.8 Å². The van der Waals surface area contributed by atoms with Gasteiger partial charge >= 0.3 is 5.97 Å². The molecule has 3 aromatic rings. The van der Waals surface area contributed by atoms with Crippen LogP contribution in [0.5, 0.6) is 5.75 Å². The summed E-state index contributed by atoms with van der Waals surface area (Å²) in [6, 6.07) is 16.3. The van der Waals surface area contributed by atoms with E-state index in [1.807, 2.05) is 43.3 Å². The van der Waals surface area contributed by atoms with E-state index in [1.165, 1.54) is 18.2 Å². The number of aldehydes is 1. The smallest absolute Gasteiger partial charge is 0.363 e. The third-order valence-electron chi connectivity index (χ3n) is 5.66. The molecule has 0 N–H and O–H groups in total. The molecular formula is C27H24N2O6S. The van der Waals surface area contributed by atoms with E-state index >= 15 is 0 Å². The Morgan fingerprint density at radius 2 is 1.58 bits per heavy atom. The second-order valence-electron chi connectivity index (χ2n) is 8.20. The molecule has 0 unspecified atom stereocenters. The van der Waals surface area contributed by atoms with Crippen molar-refractivity contribution in [3.8, 4) is 16.2 Å². The van der Waals surface area contributed by atoms with Crippen LogP contribution in [-0.4, -0.2) is 50.3 Å². The predicted octanol–water partition coefficient (Wildman–Crippen LogP) is 4.34. The molecule has 0 radical (unpaired) electrons. The minimum atomic E-state index is -0.807. The lowest BCUT2D eigenvalue weighted by molar-refractivity contribution is -0.172. The largest absolute Gasteiger partial charge is 0.497 e. The highest BCUT2D eigenvalue weighted by Gasteiger charge is 2.33. The van der Waals surface area contributed by atoms with Crippen molar-refractivity contribution < 1.29 is 28.8 Å². The van der Waals surface area contributed by atoms with E-state index in [0.717, 1.165) is 38.6 Å². The van der Waals surface area contributed by atoms with Crippen LogP contribution in [0.4, 0.5) is 5.69 Å². The average Bonchev–Trinajstić information content (AvgIpc) is 3.47. The number of nitrogens with zero attached hydrogens (tertiary/aromatic N) is 2. The van der Waals surface area contributed by atoms with Crippen LogP contribution in [0.25, 0.3) is 16.0 Å². The first-order valence-electron chi connectivity index (χ1n) is 11.1. The molecule has 2 amide bonds. The van der Waals surface area contributed by atoms with Crippen molar-refractivity contribution >= 4 is 46.7 Å². The van der Waals surface area contributed by atoms with E-state index in [2.05, 4.69) is 6.07 Å². The molecule has 184 valence electrons. The molecule has 8 nitrogen and oxygen atoms in total. The lowest BCUT2D eigenvalue weighted by Gasteiger charge is -2.15. The third-order valence-corrected chi connectivity index (χ3v) is 6.87. The van der Waals surface area contributed by atoms with Gasteiger partial charge in [0.2, 0.25) is 0 Å². The number of benzene rings is 2. The topological polar surface area (TPSA) is 93.2 Å². The fourth-order valence-corrected chi connectivity index (χ4v) is 5.04. The number of imide groups is 1. The van der Waals surface area contributed by atoms with E-state index in [1.54, 1.807) is 30.6 Å². The second-order valence-corrected chi connectivity index (χ2v) is 9.25. The van der Waals surface area contributed by atoms with E-state index in [9.17, 15) is 19.2 Å². The molecule has 0 aliphatic carbocycles. The van der Waals surface area contributed by atoms with Gasteiger partial charge in [0.05, 0.1) is 23.2 Å². The predicted molar refractivity (Wildman–Crippen MR) is 137 cm³/mol. The van der Waals surface area contributed by atoms with Crippen LogP contribution >= 0.6 is 11.3 Å². The van der Waals surface area contributed by atoms with E-state index in [4.69, 9.17) is 9.57 Å². The molecule has 1 aliphatic rings. The van der Waals surface area contributed by atoms with E-state index in [0.29, 0.717) is 10.6 Å². The van der Waals surface area contributed by atoms with Gasteiger partial charge in [0.15, 0.2) is 0 Å². The summed E-state index contributed by atoms with van der Waals surface area (Å²) in [6.07, 6.45) is 2.27. The lowest BCUT2D eigenvalue weighted by Crippen LogP contribution is -2.32. The molecule has 1 aromatic heterocycles. The highest BCUT2D eigenvalue weighted by atomic mass is 32.1. The summed E-state index contributed by atoms with van der Waals surface area (Å²) >= 11 is 1.55. The molecule has 36 heavy (non-hydrogen) atoms. The molecule has 0 spiro atoms. The first-order valence-corrected chi connectivity index (χ1v) is 11.9. The van der Waals surface area contributed by atoms with Crippen LogP contribution in [0, 0.1) is 0 Å². The van der Waals surface area contributed by atoms with Crippen molar-refractivity contribution in [3.05, 3.63) is 76.7 Å². The number of hydrogen-bond donors (Lipinski definition) is 0. The molecule has 1 fully saturated rings. The monoisotopic (exact) mass is 504 g/mol. The highest BCUT2D eigenvalue weighted by molar-refractivity contribution is 7.17. The van der Waals surface area contributed by atoms with Crippen molar-refractivity contribution in [2.45, 2.75) is 12.8 Å². The van der Waals surface area contributed by atoms with E-state index < -0.39 is 17.8 Å². The summed E-state index contributed by atoms with van der Waals surface area (Å²) in [7, 11) is 5.49. The Bertz CT molecular complexity index is 1320. The van der Waals surface area contributed by atoms with Crippen molar-refractivity contribution in [1.29, 1.82) is 0 Å². The van der Waals surface area contributed by atoms with Gasteiger partial charge in [-0.1, -0.05) is 12.1 Å². The number of anilines is 1. The fourth-order valence-electron chi connectivity index (χ4n) is 3.75. The summed E-state index contributed by atoms with van der Waals surface area (Å²) in [5.74, 6) is -1.12. The number of hydroxylamine groups is 2. The van der Waals surface area contributed by atoms with Crippen LogP contribution < -0.4 is 9.64 Å². The Hall–Kier alpha value is -4.24. The molecule has 2 aromatic carbocycles. The first kappa shape index (κ1) is 24.9. The Kier molecular flexibility index (Phi) is 7.30. The number of hydrogen-bond acceptors (Lipinski definition) is 8. The number of carbonyl (C=O) groups is 4. The molecule has 1 saturated heterocycles. The van der Waals surface area contributed by atoms with Crippen LogP contribution in [0.2, 0.25) is 0 Å². The van der Waals surface area contributed by atoms with Gasteiger partial charge < -0.3 is 14.5 Å². The van der Waals surface area contributed by atoms with Gasteiger partial charge in [-0.15, -0.1) is 16.4 Å². The quantitative estimate of drug-likeness (QED) is 0.256. The molecule has 4 rings (SSSR count). The zero-order valence-corrected chi connectivity index (χ0v) is 20.8. The number of carbonyl (C=O) groups excluding carboxylic acids is 4. The Morgan fingerprint density at radius 3 is 2.14 bits per heavy atom. The van der Waals surface area contributed by atoms with Crippen molar-refractivity contribution in [2.24, 2.45) is 0 Å². The number of methoxy groups -OCH3 is 1. The number of rotatable bonds is 8. The molecule has 0 bridgehead atoms. The standard InChI is InChI=1S/C27H24N2O6S/c1-28(2)22-16-23(18-8-10-20(34-3)11-9-18)36-26(22)21(14-15-30)17-4-6-19(7-5-17)27(33)35-29-24(31)12-13-25(29)32/h4-11,14-16H,12-13H2,1-3H3/b21-14-. The number of thiophene rings is 1. The van der Waals surface area contributed by atoms with Gasteiger partial charge in [-0.05, 0) is 59.7 Å². The normalized spacial score (nSPS) is 13.6. The third kappa shape index (κ3) is 5.06. The van der Waals surface area contributed by atoms with Crippen molar-refractivity contribution in [1.82, 2.24) is 5.06 Å². The second kappa shape index (κ2) is 10.6. The highest BCUT2D eigenvalue weighted by Crippen LogP contribution is 2.42. The number of allylic oxidation sites excluding steroid dienone is 1. The maximum absolute atomic E-state index is 12.5. The molecule has 2 heterocycles. The summed E-state index contributed by atoms with van der Waals surface area (Å²) in [5, 5.41) is 0.518. The van der Waals surface area contributed by atoms with Gasteiger partial charge in [-0.3, -0.25) is 14.4 Å². The van der Waals surface area contributed by atoms with Gasteiger partial charge in [0, 0.05) is 37.4 Å². The van der Waals surface area contributed by atoms with Crippen LogP contribution in [0.3, 0.4) is 0 Å². The van der Waals surface area contributed by atoms with Crippen LogP contribution in [-0.2, 0) is 19.2 Å². The fraction of sp³-hybridized carbons (Fsp3) is 0.185. The molecular weight excluding hydrogens is 480 g/mol. The summed E-state index contributed by atoms with van der Waals surface area (Å²) < 4.78 is 5.25. The van der Waals surface area contributed by atoms with Crippen molar-refractivity contribution in [3.63, 3.8) is 0 Å². The molecule has 0 atom stereocenters. The van der Waals surface area contributed by atoms with Gasteiger partial charge in [0.1, 0.15) is 12.0 Å². The summed E-state index contributed by atoms with van der Waals surface area (Å²) in [5.41, 5.74) is 3.55. The molecule has 9 heteroatoms. The lowest BCUT2D eigenvalue weighted by atomic mass is 10.0. The van der Waals surface area contributed by atoms with Crippen LogP contribution in [0.15, 0.2) is 60.7 Å². The average molecular weight is 505 g/mol. The molecule has 0 saturated carbocycles. The maximum Gasteiger partial charge on any atom is 0.363 e. The maximum atomic E-state index is 12.5. The minimum Gasteiger partial charge on any atom is -0.497 e. The molecule has 1 aliphatic heterocycles. The minimum absolute atomic E-state index is 0.0262. The number of amides is 2. The zero-order valence-electron chi connectivity index (χ0n) is 20.0. The summed E-state index contributed by atoms with van der Waals surface area (Å²) in [4.78, 5) is 56.4. The Balaban J connectivity index is 1.64.